The number of carbonyl (C=O) groups excluding carboxylic acids is 3. The highest BCUT2D eigenvalue weighted by Gasteiger charge is 2.17. The van der Waals surface area contributed by atoms with Crippen LogP contribution < -0.4 is 21.3 Å². The van der Waals surface area contributed by atoms with Gasteiger partial charge in [-0.1, -0.05) is 13.0 Å². The quantitative estimate of drug-likeness (QED) is 0.456. The molecule has 2 aromatic rings. The summed E-state index contributed by atoms with van der Waals surface area (Å²) in [5.74, 6) is -0.555. The van der Waals surface area contributed by atoms with Gasteiger partial charge < -0.3 is 26.0 Å². The zero-order valence-electron chi connectivity index (χ0n) is 18.3. The van der Waals surface area contributed by atoms with Gasteiger partial charge in [0.1, 0.15) is 0 Å². The monoisotopic (exact) mass is 438 g/mol. The average molecular weight is 439 g/mol. The maximum absolute atomic E-state index is 12.4. The van der Waals surface area contributed by atoms with E-state index in [-0.39, 0.29) is 30.4 Å². The maximum atomic E-state index is 12.4. The number of benzene rings is 2. The van der Waals surface area contributed by atoms with E-state index in [2.05, 4.69) is 21.3 Å². The highest BCUT2D eigenvalue weighted by atomic mass is 16.5. The Morgan fingerprint density at radius 3 is 2.47 bits per heavy atom. The summed E-state index contributed by atoms with van der Waals surface area (Å²) in [6, 6.07) is 13.8. The van der Waals surface area contributed by atoms with Crippen molar-refractivity contribution < 1.29 is 19.1 Å². The molecule has 1 saturated heterocycles. The molecule has 3 rings (SSSR count). The van der Waals surface area contributed by atoms with Crippen LogP contribution in [0.15, 0.2) is 48.5 Å². The molecule has 1 atom stereocenters. The van der Waals surface area contributed by atoms with E-state index < -0.39 is 0 Å². The molecular formula is C24H30N4O4. The van der Waals surface area contributed by atoms with Crippen LogP contribution in [-0.4, -0.2) is 50.1 Å². The lowest BCUT2D eigenvalue weighted by Gasteiger charge is -2.12. The Balaban J connectivity index is 1.46. The fourth-order valence-electron chi connectivity index (χ4n) is 3.32. The summed E-state index contributed by atoms with van der Waals surface area (Å²) in [5.41, 5.74) is 2.33. The second kappa shape index (κ2) is 11.9. The molecule has 32 heavy (non-hydrogen) atoms. The third kappa shape index (κ3) is 7.09. The number of anilines is 2. The Hall–Kier alpha value is -3.39. The molecular weight excluding hydrogens is 408 g/mol. The first kappa shape index (κ1) is 23.3. The van der Waals surface area contributed by atoms with Gasteiger partial charge in [0.15, 0.2) is 0 Å². The first-order valence-electron chi connectivity index (χ1n) is 11.0. The largest absolute Gasteiger partial charge is 0.376 e. The zero-order valence-corrected chi connectivity index (χ0v) is 18.3. The molecule has 0 bridgehead atoms. The molecule has 0 spiro atoms. The Morgan fingerprint density at radius 2 is 1.75 bits per heavy atom. The molecule has 8 nitrogen and oxygen atoms in total. The lowest BCUT2D eigenvalue weighted by molar-refractivity contribution is -0.114. The van der Waals surface area contributed by atoms with Crippen molar-refractivity contribution in [1.82, 2.24) is 10.6 Å². The number of carbonyl (C=O) groups is 3. The minimum Gasteiger partial charge on any atom is -0.376 e. The van der Waals surface area contributed by atoms with E-state index in [1.54, 1.807) is 48.5 Å². The van der Waals surface area contributed by atoms with Crippen molar-refractivity contribution in [3.63, 3.8) is 0 Å². The number of amides is 3. The molecule has 1 heterocycles. The van der Waals surface area contributed by atoms with Gasteiger partial charge in [-0.3, -0.25) is 14.4 Å². The molecule has 4 N–H and O–H groups in total. The first-order chi connectivity index (χ1) is 15.5. The minimum absolute atomic E-state index is 0.0524. The van der Waals surface area contributed by atoms with E-state index in [1.165, 1.54) is 0 Å². The lowest BCUT2D eigenvalue weighted by Crippen LogP contribution is -2.31. The van der Waals surface area contributed by atoms with Crippen LogP contribution in [0.2, 0.25) is 0 Å². The van der Waals surface area contributed by atoms with Crippen molar-refractivity contribution in [2.45, 2.75) is 32.3 Å². The number of rotatable bonds is 10. The Morgan fingerprint density at radius 1 is 0.969 bits per heavy atom. The van der Waals surface area contributed by atoms with Gasteiger partial charge in [-0.15, -0.1) is 0 Å². The molecule has 8 heteroatoms. The Labute approximate surface area is 188 Å². The van der Waals surface area contributed by atoms with Crippen LogP contribution in [0.4, 0.5) is 11.4 Å². The topological polar surface area (TPSA) is 109 Å². The summed E-state index contributed by atoms with van der Waals surface area (Å²) >= 11 is 0. The van der Waals surface area contributed by atoms with Crippen LogP contribution in [0.5, 0.6) is 0 Å². The van der Waals surface area contributed by atoms with Crippen LogP contribution >= 0.6 is 0 Å². The third-order valence-corrected chi connectivity index (χ3v) is 5.06. The summed E-state index contributed by atoms with van der Waals surface area (Å²) in [5, 5.41) is 11.5. The van der Waals surface area contributed by atoms with E-state index in [9.17, 15) is 14.4 Å². The molecule has 2 aromatic carbocycles. The summed E-state index contributed by atoms with van der Waals surface area (Å²) < 4.78 is 5.51. The SMILES string of the molecule is CCCNC(=O)c1ccc(NCC(=O)Nc2cccc(C(=O)NCC3CCCO3)c2)cc1. The van der Waals surface area contributed by atoms with Gasteiger partial charge in [-0.2, -0.15) is 0 Å². The Kier molecular flexibility index (Phi) is 8.62. The predicted octanol–water partition coefficient (Wildman–Crippen LogP) is 2.79. The lowest BCUT2D eigenvalue weighted by atomic mass is 10.1. The molecule has 0 saturated carbocycles. The van der Waals surface area contributed by atoms with Crippen molar-refractivity contribution in [3.8, 4) is 0 Å². The smallest absolute Gasteiger partial charge is 0.251 e. The van der Waals surface area contributed by atoms with Gasteiger partial charge in [-0.25, -0.2) is 0 Å². The molecule has 1 unspecified atom stereocenters. The van der Waals surface area contributed by atoms with Gasteiger partial charge in [0, 0.05) is 42.2 Å². The van der Waals surface area contributed by atoms with Gasteiger partial charge in [0.25, 0.3) is 11.8 Å². The van der Waals surface area contributed by atoms with Crippen LogP contribution in [0.25, 0.3) is 0 Å². The van der Waals surface area contributed by atoms with Crippen LogP contribution in [0.3, 0.4) is 0 Å². The van der Waals surface area contributed by atoms with E-state index >= 15 is 0 Å². The van der Waals surface area contributed by atoms with E-state index in [1.807, 2.05) is 6.92 Å². The highest BCUT2D eigenvalue weighted by molar-refractivity contribution is 5.98. The van der Waals surface area contributed by atoms with Crippen molar-refractivity contribution in [2.75, 3.05) is 36.9 Å². The van der Waals surface area contributed by atoms with Crippen molar-refractivity contribution in [2.24, 2.45) is 0 Å². The highest BCUT2D eigenvalue weighted by Crippen LogP contribution is 2.14. The second-order valence-electron chi connectivity index (χ2n) is 7.66. The molecule has 170 valence electrons. The maximum Gasteiger partial charge on any atom is 0.251 e. The van der Waals surface area contributed by atoms with Gasteiger partial charge >= 0.3 is 0 Å². The van der Waals surface area contributed by atoms with Crippen LogP contribution in [0.1, 0.15) is 46.9 Å². The summed E-state index contributed by atoms with van der Waals surface area (Å²) in [6.45, 7) is 3.91. The number of hydrogen-bond donors (Lipinski definition) is 4. The summed E-state index contributed by atoms with van der Waals surface area (Å²) in [7, 11) is 0. The minimum atomic E-state index is -0.244. The molecule has 3 amide bonds. The zero-order chi connectivity index (χ0) is 22.8. The van der Waals surface area contributed by atoms with Gasteiger partial charge in [-0.05, 0) is 61.7 Å². The summed E-state index contributed by atoms with van der Waals surface area (Å²) in [6.07, 6.45) is 2.93. The molecule has 0 radical (unpaired) electrons. The Bertz CT molecular complexity index is 924. The van der Waals surface area contributed by atoms with Gasteiger partial charge in [0.2, 0.25) is 5.91 Å². The normalized spacial score (nSPS) is 15.1. The van der Waals surface area contributed by atoms with Crippen LogP contribution in [-0.2, 0) is 9.53 Å². The number of ether oxygens (including phenoxy) is 1. The standard InChI is InChI=1S/C24H30N4O4/c1-2-12-25-23(30)17-8-10-19(11-9-17)26-16-22(29)28-20-6-3-5-18(14-20)24(31)27-15-21-7-4-13-32-21/h3,5-6,8-11,14,21,26H,2,4,7,12-13,15-16H2,1H3,(H,25,30)(H,27,31)(H,28,29). The van der Waals surface area contributed by atoms with Crippen molar-refractivity contribution in [1.29, 1.82) is 0 Å². The number of nitrogens with one attached hydrogen (secondary N) is 4. The fourth-order valence-corrected chi connectivity index (χ4v) is 3.32. The average Bonchev–Trinajstić information content (AvgIpc) is 3.34. The molecule has 1 fully saturated rings. The molecule has 0 aliphatic carbocycles. The van der Waals surface area contributed by atoms with Crippen molar-refractivity contribution in [3.05, 3.63) is 59.7 Å². The molecule has 1 aliphatic heterocycles. The van der Waals surface area contributed by atoms with Crippen LogP contribution in [0, 0.1) is 0 Å². The molecule has 0 aromatic heterocycles. The van der Waals surface area contributed by atoms with Crippen molar-refractivity contribution >= 4 is 29.1 Å². The van der Waals surface area contributed by atoms with E-state index in [0.29, 0.717) is 29.9 Å². The predicted molar refractivity (Wildman–Crippen MR) is 124 cm³/mol. The van der Waals surface area contributed by atoms with Gasteiger partial charge in [0.05, 0.1) is 12.6 Å². The first-order valence-corrected chi connectivity index (χ1v) is 11.0. The second-order valence-corrected chi connectivity index (χ2v) is 7.66. The number of hydrogen-bond acceptors (Lipinski definition) is 5. The third-order valence-electron chi connectivity index (χ3n) is 5.06. The fraction of sp³-hybridized carbons (Fsp3) is 0.375. The molecule has 1 aliphatic rings. The summed E-state index contributed by atoms with van der Waals surface area (Å²) in [4.78, 5) is 36.6. The van der Waals surface area contributed by atoms with E-state index in [4.69, 9.17) is 4.74 Å². The van der Waals surface area contributed by atoms with E-state index in [0.717, 1.165) is 31.6 Å².